The zero-order valence-corrected chi connectivity index (χ0v) is 17.0. The van der Waals surface area contributed by atoms with Crippen LogP contribution in [-0.2, 0) is 4.74 Å². The normalized spacial score (nSPS) is 27.4. The number of fused-ring (bicyclic) bond motifs is 2. The highest BCUT2D eigenvalue weighted by molar-refractivity contribution is 5.95. The molecule has 0 heterocycles. The molecule has 3 heteroatoms. The van der Waals surface area contributed by atoms with Gasteiger partial charge in [0.15, 0.2) is 0 Å². The second-order valence-corrected chi connectivity index (χ2v) is 8.93. The highest BCUT2D eigenvalue weighted by Gasteiger charge is 2.35. The number of ether oxygens (including phenoxy) is 1. The van der Waals surface area contributed by atoms with Crippen molar-refractivity contribution in [3.05, 3.63) is 47.3 Å². The van der Waals surface area contributed by atoms with E-state index in [1.54, 1.807) is 6.07 Å². The Morgan fingerprint density at radius 3 is 2.64 bits per heavy atom. The number of halogens is 1. The lowest BCUT2D eigenvalue weighted by molar-refractivity contribution is 0.0600. The molecule has 150 valence electrons. The number of rotatable bonds is 4. The maximum Gasteiger partial charge on any atom is 0.337 e. The molecule has 2 fully saturated rings. The molecule has 2 aliphatic rings. The molecule has 0 saturated heterocycles. The summed E-state index contributed by atoms with van der Waals surface area (Å²) in [6.45, 7) is 2.30. The van der Waals surface area contributed by atoms with Crippen LogP contribution in [0, 0.1) is 23.6 Å². The molecule has 4 atom stereocenters. The van der Waals surface area contributed by atoms with Crippen molar-refractivity contribution < 1.29 is 13.9 Å². The van der Waals surface area contributed by atoms with E-state index in [9.17, 15) is 9.18 Å². The van der Waals surface area contributed by atoms with Crippen molar-refractivity contribution in [1.82, 2.24) is 0 Å². The molecule has 0 aromatic heterocycles. The van der Waals surface area contributed by atoms with E-state index in [0.29, 0.717) is 11.3 Å². The van der Waals surface area contributed by atoms with Crippen LogP contribution in [0.3, 0.4) is 0 Å². The number of methoxy groups -OCH3 is 1. The van der Waals surface area contributed by atoms with Crippen molar-refractivity contribution in [2.75, 3.05) is 7.11 Å². The molecule has 2 saturated carbocycles. The molecular weight excluding hydrogens is 351 g/mol. The largest absolute Gasteiger partial charge is 0.465 e. The predicted molar refractivity (Wildman–Crippen MR) is 111 cm³/mol. The minimum atomic E-state index is -0.498. The van der Waals surface area contributed by atoms with E-state index in [1.807, 2.05) is 12.1 Å². The van der Waals surface area contributed by atoms with E-state index in [2.05, 4.69) is 13.0 Å². The van der Waals surface area contributed by atoms with Gasteiger partial charge in [-0.05, 0) is 84.9 Å². The lowest BCUT2D eigenvalue weighted by Gasteiger charge is -2.42. The molecule has 0 amide bonds. The molecule has 4 rings (SSSR count). The third-order valence-corrected chi connectivity index (χ3v) is 7.24. The first-order valence-electron chi connectivity index (χ1n) is 10.9. The number of hydrogen-bond donors (Lipinski definition) is 0. The molecule has 0 bridgehead atoms. The summed E-state index contributed by atoms with van der Waals surface area (Å²) in [5.74, 6) is 2.39. The summed E-state index contributed by atoms with van der Waals surface area (Å²) in [5.41, 5.74) is 1.52. The summed E-state index contributed by atoms with van der Waals surface area (Å²) >= 11 is 0. The van der Waals surface area contributed by atoms with Crippen molar-refractivity contribution in [2.45, 2.75) is 64.2 Å². The quantitative estimate of drug-likeness (QED) is 0.540. The van der Waals surface area contributed by atoms with Gasteiger partial charge in [0.25, 0.3) is 0 Å². The van der Waals surface area contributed by atoms with Crippen LogP contribution in [0.2, 0.25) is 0 Å². The van der Waals surface area contributed by atoms with Gasteiger partial charge in [0.1, 0.15) is 5.82 Å². The van der Waals surface area contributed by atoms with Crippen LogP contribution in [-0.4, -0.2) is 13.1 Å². The average Bonchev–Trinajstić information content (AvgIpc) is 2.72. The SMILES string of the molecule is CCCC1CC[C@@H]2CC(c3ccc4cc(C(=O)OC)cc(F)c4c3)CC[C@H]2C1. The first kappa shape index (κ1) is 19.4. The van der Waals surface area contributed by atoms with E-state index < -0.39 is 5.97 Å². The summed E-state index contributed by atoms with van der Waals surface area (Å²) in [7, 11) is 1.32. The molecule has 0 radical (unpaired) electrons. The van der Waals surface area contributed by atoms with Gasteiger partial charge in [-0.25, -0.2) is 9.18 Å². The maximum absolute atomic E-state index is 14.7. The second kappa shape index (κ2) is 8.23. The van der Waals surface area contributed by atoms with Crippen LogP contribution >= 0.6 is 0 Å². The molecule has 2 aliphatic carbocycles. The van der Waals surface area contributed by atoms with Gasteiger partial charge in [-0.3, -0.25) is 0 Å². The Labute approximate surface area is 167 Å². The third-order valence-electron chi connectivity index (χ3n) is 7.24. The zero-order chi connectivity index (χ0) is 19.7. The van der Waals surface area contributed by atoms with Gasteiger partial charge in [-0.2, -0.15) is 0 Å². The lowest BCUT2D eigenvalue weighted by Crippen LogP contribution is -2.30. The molecule has 0 aliphatic heterocycles. The Kier molecular flexibility index (Phi) is 5.70. The van der Waals surface area contributed by atoms with Gasteiger partial charge < -0.3 is 4.74 Å². The van der Waals surface area contributed by atoms with Crippen molar-refractivity contribution >= 4 is 16.7 Å². The van der Waals surface area contributed by atoms with E-state index in [-0.39, 0.29) is 11.4 Å². The molecule has 2 aromatic carbocycles. The molecular formula is C25H31FO2. The number of benzene rings is 2. The Hall–Kier alpha value is -1.90. The van der Waals surface area contributed by atoms with Gasteiger partial charge >= 0.3 is 5.97 Å². The minimum Gasteiger partial charge on any atom is -0.465 e. The summed E-state index contributed by atoms with van der Waals surface area (Å²) in [6, 6.07) is 9.13. The Bertz CT molecular complexity index is 859. The molecule has 2 unspecified atom stereocenters. The summed E-state index contributed by atoms with van der Waals surface area (Å²) in [4.78, 5) is 11.7. The van der Waals surface area contributed by atoms with Crippen LogP contribution in [0.15, 0.2) is 30.3 Å². The molecule has 28 heavy (non-hydrogen) atoms. The molecule has 2 aromatic rings. The molecule has 0 N–H and O–H groups in total. The van der Waals surface area contributed by atoms with E-state index in [1.165, 1.54) is 70.1 Å². The fourth-order valence-electron chi connectivity index (χ4n) is 5.78. The highest BCUT2D eigenvalue weighted by Crippen LogP contribution is 2.48. The van der Waals surface area contributed by atoms with Crippen LogP contribution < -0.4 is 0 Å². The first-order valence-corrected chi connectivity index (χ1v) is 10.9. The number of hydrogen-bond acceptors (Lipinski definition) is 2. The van der Waals surface area contributed by atoms with Crippen molar-refractivity contribution in [1.29, 1.82) is 0 Å². The minimum absolute atomic E-state index is 0.268. The molecule has 2 nitrogen and oxygen atoms in total. The Balaban J connectivity index is 1.52. The Morgan fingerprint density at radius 1 is 1.07 bits per heavy atom. The van der Waals surface area contributed by atoms with Crippen LogP contribution in [0.1, 0.15) is 80.1 Å². The van der Waals surface area contributed by atoms with Crippen molar-refractivity contribution in [2.24, 2.45) is 17.8 Å². The third kappa shape index (κ3) is 3.81. The standard InChI is InChI=1S/C25H31FO2/c1-3-4-16-5-6-18-12-19(8-7-17(18)11-16)20-9-10-21-13-22(25(27)28-2)15-24(26)23(21)14-20/h9-10,13-19H,3-8,11-12H2,1-2H3/t16?,17-,18+,19?/m0/s1. The average molecular weight is 383 g/mol. The van der Waals surface area contributed by atoms with Crippen LogP contribution in [0.4, 0.5) is 4.39 Å². The monoisotopic (exact) mass is 382 g/mol. The van der Waals surface area contributed by atoms with E-state index in [4.69, 9.17) is 4.74 Å². The summed E-state index contributed by atoms with van der Waals surface area (Å²) in [6.07, 6.45) is 10.7. The zero-order valence-electron chi connectivity index (χ0n) is 17.0. The second-order valence-electron chi connectivity index (χ2n) is 8.93. The number of carbonyl (C=O) groups is 1. The first-order chi connectivity index (χ1) is 13.6. The van der Waals surface area contributed by atoms with Gasteiger partial charge in [0, 0.05) is 5.39 Å². The lowest BCUT2D eigenvalue weighted by atomic mass is 9.63. The maximum atomic E-state index is 14.7. The van der Waals surface area contributed by atoms with Gasteiger partial charge in [0.2, 0.25) is 0 Å². The van der Waals surface area contributed by atoms with Gasteiger partial charge in [0.05, 0.1) is 12.7 Å². The predicted octanol–water partition coefficient (Wildman–Crippen LogP) is 6.87. The van der Waals surface area contributed by atoms with Crippen molar-refractivity contribution in [3.63, 3.8) is 0 Å². The summed E-state index contributed by atoms with van der Waals surface area (Å²) in [5, 5.41) is 1.37. The van der Waals surface area contributed by atoms with E-state index >= 15 is 0 Å². The van der Waals surface area contributed by atoms with Crippen LogP contribution in [0.25, 0.3) is 10.8 Å². The van der Waals surface area contributed by atoms with E-state index in [0.717, 1.165) is 23.1 Å². The van der Waals surface area contributed by atoms with Crippen LogP contribution in [0.5, 0.6) is 0 Å². The highest BCUT2D eigenvalue weighted by atomic mass is 19.1. The number of esters is 1. The van der Waals surface area contributed by atoms with Gasteiger partial charge in [-0.15, -0.1) is 0 Å². The summed E-state index contributed by atoms with van der Waals surface area (Å²) < 4.78 is 19.4. The van der Waals surface area contributed by atoms with Gasteiger partial charge in [-0.1, -0.05) is 38.3 Å². The topological polar surface area (TPSA) is 26.3 Å². The fourth-order valence-corrected chi connectivity index (χ4v) is 5.78. The number of carbonyl (C=O) groups excluding carboxylic acids is 1. The van der Waals surface area contributed by atoms with Crippen molar-refractivity contribution in [3.8, 4) is 0 Å². The molecule has 0 spiro atoms. The Morgan fingerprint density at radius 2 is 1.86 bits per heavy atom. The fraction of sp³-hybridized carbons (Fsp3) is 0.560. The smallest absolute Gasteiger partial charge is 0.337 e.